The van der Waals surface area contributed by atoms with Gasteiger partial charge in [0.1, 0.15) is 128 Å². The van der Waals surface area contributed by atoms with E-state index < -0.39 is 302 Å². The van der Waals surface area contributed by atoms with Crippen LogP contribution in [0.4, 0.5) is 0 Å². The summed E-state index contributed by atoms with van der Waals surface area (Å²) in [6.07, 6.45) is -76.1. The van der Waals surface area contributed by atoms with Gasteiger partial charge in [0.2, 0.25) is 47.5 Å². The third-order valence-electron chi connectivity index (χ3n) is 14.5. The van der Waals surface area contributed by atoms with E-state index in [0.29, 0.717) is 20.8 Å². The van der Waals surface area contributed by atoms with Crippen LogP contribution < -0.4 is 291 Å². The molecule has 10 N–H and O–H groups in total. The van der Waals surface area contributed by atoms with Crippen molar-refractivity contribution < 1.29 is 506 Å². The molecule has 6 aliphatic rings. The molecular weight excluding hydrogens is 1760 g/mol. The van der Waals surface area contributed by atoms with Crippen molar-refractivity contribution >= 4 is 98.1 Å². The van der Waals surface area contributed by atoms with Crippen LogP contribution in [0.5, 0.6) is 0 Å². The summed E-state index contributed by atoms with van der Waals surface area (Å²) >= 11 is 0. The number of hydrogen-bond acceptors (Lipinski definition) is 51. The average molecular weight is 1820 g/mol. The van der Waals surface area contributed by atoms with Gasteiger partial charge >= 0.3 is 288 Å². The Morgan fingerprint density at radius 1 is 0.369 bits per heavy atom. The van der Waals surface area contributed by atoms with E-state index in [4.69, 9.17) is 61.6 Å². The summed E-state index contributed by atoms with van der Waals surface area (Å²) in [6.45, 7) is -4.69. The van der Waals surface area contributed by atoms with Gasteiger partial charge in [0.25, 0.3) is 0 Å². The predicted octanol–water partition coefficient (Wildman–Crippen LogP) is -46.0. The van der Waals surface area contributed by atoms with Gasteiger partial charge in [-0.15, -0.1) is 0 Å². The van der Waals surface area contributed by atoms with E-state index >= 15 is 0 Å². The molecule has 0 aromatic rings. The molecule has 0 aliphatic carbocycles. The molecule has 29 unspecified atom stereocenters. The topological polar surface area (TPSA) is 844 Å². The third kappa shape index (κ3) is 36.3. The average Bonchev–Trinajstić information content (AvgIpc) is 1.28. The van der Waals surface area contributed by atoms with E-state index in [-0.39, 0.29) is 266 Å². The van der Waals surface area contributed by atoms with E-state index in [0.717, 1.165) is 4.72 Å². The minimum absolute atomic E-state index is 0. The number of aliphatic hydroxyl groups is 7. The number of aliphatic carboxylic acids is 3. The number of carbonyl (C=O) groups is 6. The molecule has 29 atom stereocenters. The molecule has 590 valence electrons. The van der Waals surface area contributed by atoms with Crippen LogP contribution in [-0.4, -0.2) is 354 Å². The van der Waals surface area contributed by atoms with Crippen molar-refractivity contribution in [2.75, 3.05) is 26.4 Å². The summed E-state index contributed by atoms with van der Waals surface area (Å²) in [5.41, 5.74) is 0. The van der Waals surface area contributed by atoms with Crippen LogP contribution in [0.1, 0.15) is 20.8 Å². The second kappa shape index (κ2) is 51.2. The van der Waals surface area contributed by atoms with Crippen molar-refractivity contribution in [2.24, 2.45) is 0 Å². The number of rotatable bonds is 32. The number of carboxylic acids is 3. The first-order chi connectivity index (χ1) is 46.7. The van der Waals surface area contributed by atoms with Crippen molar-refractivity contribution in [3.05, 3.63) is 0 Å². The van der Waals surface area contributed by atoms with Crippen LogP contribution in [0, 0.1) is 0 Å². The molecule has 0 aromatic heterocycles. The van der Waals surface area contributed by atoms with Gasteiger partial charge in [0, 0.05) is 20.8 Å². The van der Waals surface area contributed by atoms with E-state index in [9.17, 15) is 158 Å². The molecule has 6 aliphatic heterocycles. The first-order valence-electron chi connectivity index (χ1n) is 27.7. The van der Waals surface area contributed by atoms with Gasteiger partial charge in [-0.05, 0) is 0 Å². The third-order valence-corrected chi connectivity index (χ3v) is 17.3. The molecule has 1 amide bonds. The Hall–Kier alpha value is 4.32. The Labute approximate surface area is 826 Å². The van der Waals surface area contributed by atoms with Crippen molar-refractivity contribution in [3.8, 4) is 0 Å². The molecule has 6 fully saturated rings. The zero-order chi connectivity index (χ0) is 77.2. The Balaban J connectivity index is -0.00000636. The summed E-state index contributed by atoms with van der Waals surface area (Å²) in [4.78, 5) is 75.6. The zero-order valence-corrected chi connectivity index (χ0v) is 82.5. The predicted molar refractivity (Wildman–Crippen MR) is 278 cm³/mol. The minimum atomic E-state index is -6.46. The molecule has 0 radical (unpaired) electrons. The van der Waals surface area contributed by atoms with Gasteiger partial charge in [-0.2, -0.15) is 8.42 Å². The number of amides is 1. The second-order valence-corrected chi connectivity index (χ2v) is 28.0. The van der Waals surface area contributed by atoms with Crippen LogP contribution in [0.2, 0.25) is 0 Å². The Morgan fingerprint density at radius 2 is 0.712 bits per heavy atom. The summed E-state index contributed by atoms with van der Waals surface area (Å²) in [5, 5.41) is 117. The van der Waals surface area contributed by atoms with Gasteiger partial charge in [-0.1, -0.05) is 0 Å². The molecular formula is C42H56N2Na9O52S6+. The molecule has 0 aromatic carbocycles. The van der Waals surface area contributed by atoms with E-state index in [1.807, 2.05) is 5.32 Å². The van der Waals surface area contributed by atoms with E-state index in [1.54, 1.807) is 0 Å². The zero-order valence-electron chi connectivity index (χ0n) is 59.6. The Bertz CT molecular complexity index is 3740. The fourth-order valence-corrected chi connectivity index (χ4v) is 13.1. The largest absolute Gasteiger partial charge is 1.00 e. The molecule has 111 heavy (non-hydrogen) atoms. The van der Waals surface area contributed by atoms with Gasteiger partial charge in [0.15, 0.2) is 60.1 Å². The first kappa shape index (κ1) is 122. The van der Waals surface area contributed by atoms with Crippen molar-refractivity contribution in [3.63, 3.8) is 0 Å². The van der Waals surface area contributed by atoms with Gasteiger partial charge in [0.05, 0.1) is 44.3 Å². The van der Waals surface area contributed by atoms with Crippen LogP contribution in [0.3, 0.4) is 0 Å². The Kier molecular flexibility index (Phi) is 56.1. The van der Waals surface area contributed by atoms with Crippen molar-refractivity contribution in [1.82, 2.24) is 10.0 Å². The molecule has 6 heterocycles. The van der Waals surface area contributed by atoms with Crippen molar-refractivity contribution in [2.45, 2.75) is 199 Å². The minimum Gasteiger partial charge on any atom is -0.735 e. The fourth-order valence-electron chi connectivity index (χ4n) is 10.7. The maximum absolute atomic E-state index is 13.2. The maximum atomic E-state index is 13.2. The molecule has 6 rings (SSSR count). The molecule has 69 heteroatoms. The quantitative estimate of drug-likeness (QED) is 0.0129. The van der Waals surface area contributed by atoms with Gasteiger partial charge in [-0.3, -0.25) is 35.7 Å². The molecule has 54 nitrogen and oxygen atoms in total. The number of carbonyl (C=O) groups excluding carboxylic acids is 6. The van der Waals surface area contributed by atoms with E-state index in [1.165, 1.54) is 0 Å². The number of aliphatic hydroxyl groups excluding tert-OH is 7. The van der Waals surface area contributed by atoms with E-state index in [2.05, 4.69) is 20.9 Å². The standard InChI is InChI=1S/C42H64N2O52S6.9Na/c1-8(46)43-15-18(50)24(88-40-30(82-9(2)47)20(52)19(51)29(92-40)35(55)56)13(6-80-99(67,68)69)85-38(15)90-27-21(53)31(83-10(3)48)41(93-33(27)36(57)58)89-25-14(7-81-100(70,71)72)86-39(16(44-97(61,62)63)26(25)95-101(73,74)75)91-28-22(54)32(96-102(76,77)78)42(94-34(28)37(59)60)87-23-12(5-79-98(64,65)66)84-11(4-45)17(23)49;;;;;;;;;/h11-34,38-42,44-45,49-54H,4-7H2,1-3H3,(H,43,46)(H,55,56)(H,57,58)(H,59,60)(H,61,62,63)(H,64,65,66)(H,67,68,69)(H,70,71,72)(H,73,74,75)(H,76,77,78);;;;;;;;;/q;9*+1/p-8. The molecule has 0 saturated carbocycles. The molecule has 0 spiro atoms. The van der Waals surface area contributed by atoms with Crippen LogP contribution in [0.25, 0.3) is 0 Å². The first-order valence-corrected chi connectivity index (χ1v) is 35.8. The molecule has 0 bridgehead atoms. The van der Waals surface area contributed by atoms with Gasteiger partial charge in [-0.25, -0.2) is 51.0 Å². The normalized spacial score (nSPS) is 35.7. The summed E-state index contributed by atoms with van der Waals surface area (Å²) in [5.74, 6) is -12.0. The SMILES string of the molecule is CC(=O)NC1C(OC2C(C(=O)[O-])OC(OC3C(COS(=O)(=O)[O-])OC(OC4C(C(=O)[O-])OC(OC5C(COS(=O)(=O)[O-])OC(CO)C5O)C(OS(=O)(=O)[O-])C4O)C(NS(=O)(=O)[O-])C3OS(=O)(=O)O)C(OC(C)=O)C2O)OC(COS(=O)(=O)[O-])C(OC2OC(C(=O)[O-])C(O)C(O)C2OC(C)=O)C1O.[Na+].[Na+].[Na+].[Na+].[Na+].[Na+].[Na+].[Na+].[Na+]. The van der Waals surface area contributed by atoms with Crippen LogP contribution in [0.15, 0.2) is 0 Å². The number of esters is 2. The fraction of sp³-hybridized carbons (Fsp3) is 0.857. The summed E-state index contributed by atoms with van der Waals surface area (Å²) in [6, 6.07) is -5.80. The monoisotopic (exact) mass is 1820 g/mol. The smallest absolute Gasteiger partial charge is 0.735 e. The summed E-state index contributed by atoms with van der Waals surface area (Å²) < 4.78 is 307. The molecule has 6 saturated heterocycles. The number of hydrogen-bond donors (Lipinski definition) is 10. The number of carboxylic acid groups (broad SMARTS) is 3. The maximum Gasteiger partial charge on any atom is 1.00 e. The van der Waals surface area contributed by atoms with Crippen molar-refractivity contribution in [1.29, 1.82) is 0 Å². The van der Waals surface area contributed by atoms with Gasteiger partial charge < -0.3 is 155 Å². The Morgan fingerprint density at radius 3 is 1.07 bits per heavy atom. The van der Waals surface area contributed by atoms with Crippen LogP contribution in [-0.2, 0) is 174 Å². The number of ether oxygens (including phenoxy) is 13. The summed E-state index contributed by atoms with van der Waals surface area (Å²) in [7, 11) is -37.1. The number of nitrogens with one attached hydrogen (secondary N) is 2. The second-order valence-electron chi connectivity index (χ2n) is 21.7. The van der Waals surface area contributed by atoms with Crippen LogP contribution >= 0.6 is 0 Å².